The summed E-state index contributed by atoms with van der Waals surface area (Å²) < 4.78 is 7.65. The minimum absolute atomic E-state index is 0.178. The monoisotopic (exact) mass is 438 g/mol. The van der Waals surface area contributed by atoms with Crippen LogP contribution in [0.15, 0.2) is 30.5 Å². The van der Waals surface area contributed by atoms with E-state index in [-0.39, 0.29) is 11.4 Å². The zero-order valence-corrected chi connectivity index (χ0v) is 18.7. The Kier molecular flexibility index (Phi) is 5.22. The molecular weight excluding hydrogens is 412 g/mol. The molecule has 3 heterocycles. The van der Waals surface area contributed by atoms with Crippen LogP contribution in [-0.2, 0) is 4.74 Å². The first-order valence-corrected chi connectivity index (χ1v) is 11.4. The number of ether oxygens (including phenoxy) is 1. The highest BCUT2D eigenvalue weighted by Crippen LogP contribution is 2.34. The van der Waals surface area contributed by atoms with E-state index < -0.39 is 0 Å². The van der Waals surface area contributed by atoms with Crippen molar-refractivity contribution in [3.63, 3.8) is 0 Å². The van der Waals surface area contributed by atoms with Gasteiger partial charge in [0.2, 0.25) is 0 Å². The van der Waals surface area contributed by atoms with Crippen molar-refractivity contribution in [1.29, 1.82) is 0 Å². The number of anilines is 1. The van der Waals surface area contributed by atoms with Gasteiger partial charge in [-0.25, -0.2) is 9.50 Å². The summed E-state index contributed by atoms with van der Waals surface area (Å²) in [5.74, 6) is 0.819. The van der Waals surface area contributed by atoms with Gasteiger partial charge in [0.1, 0.15) is 0 Å². The van der Waals surface area contributed by atoms with Gasteiger partial charge >= 0.3 is 0 Å². The minimum atomic E-state index is -0.178. The van der Waals surface area contributed by atoms with Crippen molar-refractivity contribution in [3.8, 4) is 11.3 Å². The molecule has 1 unspecified atom stereocenters. The fraction of sp³-hybridized carbons (Fsp3) is 0.458. The molecule has 2 aliphatic rings. The van der Waals surface area contributed by atoms with Crippen molar-refractivity contribution in [2.45, 2.75) is 51.6 Å². The Bertz CT molecular complexity index is 1150. The fourth-order valence-corrected chi connectivity index (χ4v) is 4.54. The lowest BCUT2D eigenvalue weighted by Gasteiger charge is -2.24. The third-order valence-electron chi connectivity index (χ3n) is 6.38. The number of hydrogen-bond donors (Lipinski definition) is 1. The zero-order valence-electron chi connectivity index (χ0n) is 17.9. The molecule has 0 radical (unpaired) electrons. The number of imidazole rings is 1. The molecule has 2 aromatic heterocycles. The number of carbonyl (C=O) groups excluding carboxylic acids is 1. The Morgan fingerprint density at radius 2 is 2.19 bits per heavy atom. The number of carbonyl (C=O) groups is 1. The fourth-order valence-electron chi connectivity index (χ4n) is 4.35. The number of aryl methyl sites for hydroxylation is 1. The first-order valence-electron chi connectivity index (χ1n) is 11.0. The van der Waals surface area contributed by atoms with Crippen LogP contribution in [-0.4, -0.2) is 39.1 Å². The number of nitrogens with zero attached hydrogens (tertiary/aromatic N) is 3. The lowest BCUT2D eigenvalue weighted by atomic mass is 9.98. The van der Waals surface area contributed by atoms with Crippen LogP contribution in [0, 0.1) is 12.8 Å². The van der Waals surface area contributed by atoms with E-state index in [1.54, 1.807) is 16.8 Å². The van der Waals surface area contributed by atoms with Crippen molar-refractivity contribution in [1.82, 2.24) is 14.6 Å². The molecule has 31 heavy (non-hydrogen) atoms. The summed E-state index contributed by atoms with van der Waals surface area (Å²) in [7, 11) is 0. The quantitative estimate of drug-likeness (QED) is 0.505. The van der Waals surface area contributed by atoms with E-state index in [9.17, 15) is 4.79 Å². The summed E-state index contributed by atoms with van der Waals surface area (Å²) in [4.78, 5) is 17.2. The zero-order chi connectivity index (χ0) is 21.6. The molecule has 6 nitrogen and oxygen atoms in total. The molecule has 7 heteroatoms. The summed E-state index contributed by atoms with van der Waals surface area (Å²) in [6.45, 7) is 5.60. The summed E-state index contributed by atoms with van der Waals surface area (Å²) in [6.07, 6.45) is 6.93. The molecule has 0 spiro atoms. The van der Waals surface area contributed by atoms with E-state index >= 15 is 0 Å². The first kappa shape index (κ1) is 20.5. The number of fused-ring (bicyclic) bond motifs is 1. The van der Waals surface area contributed by atoms with Gasteiger partial charge in [-0.1, -0.05) is 23.7 Å². The number of nitrogens with one attached hydrogen (secondary N) is 1. The van der Waals surface area contributed by atoms with E-state index in [1.807, 2.05) is 25.1 Å². The van der Waals surface area contributed by atoms with Crippen molar-refractivity contribution in [2.75, 3.05) is 18.5 Å². The lowest BCUT2D eigenvalue weighted by molar-refractivity contribution is 0.0315. The molecule has 0 amide bonds. The minimum Gasteiger partial charge on any atom is -0.379 e. The van der Waals surface area contributed by atoms with Gasteiger partial charge in [0.05, 0.1) is 23.2 Å². The van der Waals surface area contributed by atoms with Crippen LogP contribution in [0.5, 0.6) is 0 Å². The van der Waals surface area contributed by atoms with Crippen LogP contribution in [0.25, 0.3) is 16.9 Å². The summed E-state index contributed by atoms with van der Waals surface area (Å²) >= 11 is 6.35. The van der Waals surface area contributed by atoms with E-state index in [1.165, 1.54) is 12.8 Å². The van der Waals surface area contributed by atoms with E-state index in [0.717, 1.165) is 47.5 Å². The standard InChI is InChI=1S/C24H27ClN4O2/c1-15-10-17(6-7-18(15)21(30)11-16-4-5-16)20-13-26-23-19(12-22(25)28-29(20)23)27-14-24(2)8-3-9-31-24/h6-7,10,12-13,16,27H,3-5,8-9,11,14H2,1-2H3. The summed E-state index contributed by atoms with van der Waals surface area (Å²) in [5, 5.41) is 8.33. The molecule has 1 saturated heterocycles. The van der Waals surface area contributed by atoms with Crippen LogP contribution in [0.4, 0.5) is 5.69 Å². The molecule has 3 aromatic rings. The van der Waals surface area contributed by atoms with E-state index in [4.69, 9.17) is 16.3 Å². The Morgan fingerprint density at radius 3 is 2.90 bits per heavy atom. The van der Waals surface area contributed by atoms with Gasteiger partial charge in [0, 0.05) is 36.8 Å². The third-order valence-corrected chi connectivity index (χ3v) is 6.57. The molecule has 1 atom stereocenters. The topological polar surface area (TPSA) is 68.5 Å². The Morgan fingerprint density at radius 1 is 1.35 bits per heavy atom. The largest absolute Gasteiger partial charge is 0.379 e. The van der Waals surface area contributed by atoms with E-state index in [0.29, 0.717) is 29.7 Å². The van der Waals surface area contributed by atoms with Crippen molar-refractivity contribution in [3.05, 3.63) is 46.7 Å². The number of hydrogen-bond acceptors (Lipinski definition) is 5. The number of benzene rings is 1. The second kappa shape index (κ2) is 7.92. The highest BCUT2D eigenvalue weighted by molar-refractivity contribution is 6.29. The van der Waals surface area contributed by atoms with Gasteiger partial charge in [-0.2, -0.15) is 5.10 Å². The lowest BCUT2D eigenvalue weighted by Crippen LogP contribution is -2.32. The molecule has 162 valence electrons. The molecular formula is C24H27ClN4O2. The Hall–Kier alpha value is -2.44. The molecule has 1 N–H and O–H groups in total. The number of ketones is 1. The predicted molar refractivity (Wildman–Crippen MR) is 122 cm³/mol. The Balaban J connectivity index is 1.44. The molecule has 2 fully saturated rings. The third kappa shape index (κ3) is 4.19. The van der Waals surface area contributed by atoms with E-state index in [2.05, 4.69) is 22.3 Å². The second-order valence-electron chi connectivity index (χ2n) is 9.12. The van der Waals surface area contributed by atoms with Crippen LogP contribution < -0.4 is 5.32 Å². The Labute approximate surface area is 187 Å². The number of halogens is 1. The molecule has 1 saturated carbocycles. The number of aromatic nitrogens is 3. The maximum absolute atomic E-state index is 12.6. The van der Waals surface area contributed by atoms with Crippen molar-refractivity contribution >= 4 is 28.7 Å². The number of rotatable bonds is 7. The van der Waals surface area contributed by atoms with Gasteiger partial charge in [-0.3, -0.25) is 4.79 Å². The average Bonchev–Trinajstić information content (AvgIpc) is 3.27. The van der Waals surface area contributed by atoms with Gasteiger partial charge in [0.25, 0.3) is 0 Å². The van der Waals surface area contributed by atoms with Crippen molar-refractivity contribution in [2.24, 2.45) is 5.92 Å². The van der Waals surface area contributed by atoms with Crippen LogP contribution in [0.2, 0.25) is 5.15 Å². The molecule has 0 bridgehead atoms. The SMILES string of the molecule is Cc1cc(-c2cnc3c(NCC4(C)CCCO4)cc(Cl)nn23)ccc1C(=O)CC1CC1. The van der Waals surface area contributed by atoms with Crippen LogP contribution in [0.1, 0.15) is 54.9 Å². The highest BCUT2D eigenvalue weighted by atomic mass is 35.5. The normalized spacial score (nSPS) is 21.0. The highest BCUT2D eigenvalue weighted by Gasteiger charge is 2.30. The second-order valence-corrected chi connectivity index (χ2v) is 9.50. The molecule has 5 rings (SSSR count). The van der Waals surface area contributed by atoms with Gasteiger partial charge in [0.15, 0.2) is 16.6 Å². The predicted octanol–water partition coefficient (Wildman–Crippen LogP) is 5.32. The smallest absolute Gasteiger partial charge is 0.177 e. The first-order chi connectivity index (χ1) is 14.9. The maximum atomic E-state index is 12.6. The average molecular weight is 439 g/mol. The van der Waals surface area contributed by atoms with Gasteiger partial charge in [-0.15, -0.1) is 0 Å². The van der Waals surface area contributed by atoms with Crippen LogP contribution >= 0.6 is 11.6 Å². The summed E-state index contributed by atoms with van der Waals surface area (Å²) in [5.41, 5.74) is 4.95. The maximum Gasteiger partial charge on any atom is 0.177 e. The van der Waals surface area contributed by atoms with Crippen LogP contribution in [0.3, 0.4) is 0 Å². The van der Waals surface area contributed by atoms with Gasteiger partial charge < -0.3 is 10.1 Å². The van der Waals surface area contributed by atoms with Crippen molar-refractivity contribution < 1.29 is 9.53 Å². The molecule has 1 aliphatic carbocycles. The molecule has 1 aromatic carbocycles. The number of Topliss-reactive ketones (excluding diaryl/α,β-unsaturated/α-hetero) is 1. The molecule has 1 aliphatic heterocycles. The summed E-state index contributed by atoms with van der Waals surface area (Å²) in [6, 6.07) is 7.74. The van der Waals surface area contributed by atoms with Gasteiger partial charge in [-0.05, 0) is 57.1 Å².